The topological polar surface area (TPSA) is 72.4 Å². The van der Waals surface area contributed by atoms with Crippen LogP contribution in [0.15, 0.2) is 18.3 Å². The number of nitrogens with zero attached hydrogens (tertiary/aromatic N) is 4. The van der Waals surface area contributed by atoms with E-state index >= 15 is 0 Å². The molecule has 0 unspecified atom stereocenters. The number of fused-ring (bicyclic) bond motifs is 1. The number of methoxy groups -OCH3 is 2. The summed E-state index contributed by atoms with van der Waals surface area (Å²) in [6.45, 7) is 5.70. The van der Waals surface area contributed by atoms with Crippen molar-refractivity contribution in [1.82, 2.24) is 15.2 Å². The Hall–Kier alpha value is -2.57. The summed E-state index contributed by atoms with van der Waals surface area (Å²) in [6, 6.07) is 4.39. The highest BCUT2D eigenvalue weighted by molar-refractivity contribution is 5.51. The van der Waals surface area contributed by atoms with E-state index in [-0.39, 0.29) is 0 Å². The highest BCUT2D eigenvalue weighted by Gasteiger charge is 2.21. The zero-order valence-corrected chi connectivity index (χ0v) is 14.5. The van der Waals surface area contributed by atoms with Crippen molar-refractivity contribution < 1.29 is 9.47 Å². The van der Waals surface area contributed by atoms with E-state index < -0.39 is 0 Å². The molecule has 0 bridgehead atoms. The van der Waals surface area contributed by atoms with Crippen molar-refractivity contribution in [2.24, 2.45) is 0 Å². The first-order chi connectivity index (χ1) is 11.6. The predicted octanol–water partition coefficient (Wildman–Crippen LogP) is 2.27. The fourth-order valence-corrected chi connectivity index (χ4v) is 2.85. The SMILES string of the molecule is COc1cc2c(cc1OC)CN(c1nncc(NC(C)C)n1)CC2. The largest absolute Gasteiger partial charge is 0.493 e. The minimum absolute atomic E-state index is 0.299. The van der Waals surface area contributed by atoms with Gasteiger partial charge in [-0.1, -0.05) is 0 Å². The van der Waals surface area contributed by atoms with Gasteiger partial charge in [-0.15, -0.1) is 5.10 Å². The molecule has 3 rings (SSSR count). The van der Waals surface area contributed by atoms with E-state index in [1.165, 1.54) is 11.1 Å². The van der Waals surface area contributed by atoms with Gasteiger partial charge in [-0.25, -0.2) is 0 Å². The molecule has 1 aromatic heterocycles. The third-order valence-electron chi connectivity index (χ3n) is 3.99. The van der Waals surface area contributed by atoms with Crippen LogP contribution in [0.5, 0.6) is 11.5 Å². The first-order valence-corrected chi connectivity index (χ1v) is 8.05. The number of hydrogen-bond donors (Lipinski definition) is 1. The lowest BCUT2D eigenvalue weighted by Crippen LogP contribution is -2.32. The van der Waals surface area contributed by atoms with Gasteiger partial charge in [-0.05, 0) is 43.5 Å². The minimum Gasteiger partial charge on any atom is -0.493 e. The molecule has 0 aliphatic carbocycles. The van der Waals surface area contributed by atoms with Crippen LogP contribution < -0.4 is 19.7 Å². The lowest BCUT2D eigenvalue weighted by atomic mass is 9.99. The summed E-state index contributed by atoms with van der Waals surface area (Å²) in [6.07, 6.45) is 2.55. The quantitative estimate of drug-likeness (QED) is 0.902. The molecule has 1 aliphatic heterocycles. The summed E-state index contributed by atoms with van der Waals surface area (Å²) in [5.74, 6) is 2.90. The molecule has 1 aliphatic rings. The molecule has 0 amide bonds. The molecule has 0 fully saturated rings. The fourth-order valence-electron chi connectivity index (χ4n) is 2.85. The molecule has 7 nitrogen and oxygen atoms in total. The van der Waals surface area contributed by atoms with Gasteiger partial charge in [0.15, 0.2) is 17.3 Å². The Morgan fingerprint density at radius 1 is 1.12 bits per heavy atom. The number of benzene rings is 1. The van der Waals surface area contributed by atoms with Gasteiger partial charge in [0.25, 0.3) is 0 Å². The summed E-state index contributed by atoms with van der Waals surface area (Å²) in [4.78, 5) is 6.70. The lowest BCUT2D eigenvalue weighted by Gasteiger charge is -2.29. The number of ether oxygens (including phenoxy) is 2. The molecule has 2 aromatic rings. The first-order valence-electron chi connectivity index (χ1n) is 8.05. The summed E-state index contributed by atoms with van der Waals surface area (Å²) in [5, 5.41) is 11.5. The Morgan fingerprint density at radius 3 is 2.50 bits per heavy atom. The van der Waals surface area contributed by atoms with Crippen LogP contribution in [0.3, 0.4) is 0 Å². The number of rotatable bonds is 5. The standard InChI is InChI=1S/C17H23N5O2/c1-11(2)19-16-9-18-21-17(20-16)22-6-5-12-7-14(23-3)15(24-4)8-13(12)10-22/h7-9,11H,5-6,10H2,1-4H3,(H,19,20,21). The molecule has 1 N–H and O–H groups in total. The van der Waals surface area contributed by atoms with Gasteiger partial charge in [0.1, 0.15) is 0 Å². The van der Waals surface area contributed by atoms with Gasteiger partial charge in [-0.3, -0.25) is 0 Å². The van der Waals surface area contributed by atoms with Crippen molar-refractivity contribution in [2.75, 3.05) is 31.0 Å². The maximum atomic E-state index is 5.41. The van der Waals surface area contributed by atoms with Gasteiger partial charge in [0.05, 0.1) is 20.4 Å². The highest BCUT2D eigenvalue weighted by atomic mass is 16.5. The molecule has 0 saturated carbocycles. The second-order valence-electron chi connectivity index (χ2n) is 6.09. The predicted molar refractivity (Wildman–Crippen MR) is 92.9 cm³/mol. The number of nitrogens with one attached hydrogen (secondary N) is 1. The van der Waals surface area contributed by atoms with Crippen LogP contribution >= 0.6 is 0 Å². The van der Waals surface area contributed by atoms with E-state index in [1.54, 1.807) is 20.4 Å². The third kappa shape index (κ3) is 3.34. The normalized spacial score (nSPS) is 13.6. The average molecular weight is 329 g/mol. The van der Waals surface area contributed by atoms with E-state index in [0.29, 0.717) is 12.0 Å². The second kappa shape index (κ2) is 6.90. The minimum atomic E-state index is 0.299. The molecule has 128 valence electrons. The molecular weight excluding hydrogens is 306 g/mol. The van der Waals surface area contributed by atoms with Crippen molar-refractivity contribution in [3.05, 3.63) is 29.5 Å². The Bertz CT molecular complexity index is 720. The molecule has 2 heterocycles. The number of aromatic nitrogens is 3. The van der Waals surface area contributed by atoms with E-state index in [1.807, 2.05) is 6.07 Å². The second-order valence-corrected chi connectivity index (χ2v) is 6.09. The summed E-state index contributed by atoms with van der Waals surface area (Å²) >= 11 is 0. The van der Waals surface area contributed by atoms with Crippen molar-refractivity contribution in [1.29, 1.82) is 0 Å². The summed E-state index contributed by atoms with van der Waals surface area (Å²) < 4.78 is 10.8. The van der Waals surface area contributed by atoms with E-state index in [2.05, 4.69) is 45.3 Å². The van der Waals surface area contributed by atoms with Gasteiger partial charge >= 0.3 is 0 Å². The summed E-state index contributed by atoms with van der Waals surface area (Å²) in [7, 11) is 3.31. The Balaban J connectivity index is 1.84. The molecule has 1 aromatic carbocycles. The number of anilines is 2. The first kappa shape index (κ1) is 16.3. The van der Waals surface area contributed by atoms with Crippen LogP contribution in [0.2, 0.25) is 0 Å². The van der Waals surface area contributed by atoms with Crippen LogP contribution in [0.25, 0.3) is 0 Å². The maximum absolute atomic E-state index is 5.41. The van der Waals surface area contributed by atoms with Crippen LogP contribution in [0.4, 0.5) is 11.8 Å². The van der Waals surface area contributed by atoms with Crippen molar-refractivity contribution >= 4 is 11.8 Å². The monoisotopic (exact) mass is 329 g/mol. The summed E-state index contributed by atoms with van der Waals surface area (Å²) in [5.41, 5.74) is 2.47. The van der Waals surface area contributed by atoms with Gasteiger partial charge < -0.3 is 19.7 Å². The van der Waals surface area contributed by atoms with Crippen molar-refractivity contribution in [2.45, 2.75) is 32.9 Å². The smallest absolute Gasteiger partial charge is 0.247 e. The van der Waals surface area contributed by atoms with Gasteiger partial charge in [-0.2, -0.15) is 10.1 Å². The molecule has 0 atom stereocenters. The Kier molecular flexibility index (Phi) is 4.69. The highest BCUT2D eigenvalue weighted by Crippen LogP contribution is 2.33. The zero-order chi connectivity index (χ0) is 17.1. The van der Waals surface area contributed by atoms with Crippen molar-refractivity contribution in [3.63, 3.8) is 0 Å². The lowest BCUT2D eigenvalue weighted by molar-refractivity contribution is 0.353. The fraction of sp³-hybridized carbons (Fsp3) is 0.471. The van der Waals surface area contributed by atoms with Crippen LogP contribution in [-0.4, -0.2) is 42.0 Å². The van der Waals surface area contributed by atoms with E-state index in [0.717, 1.165) is 36.8 Å². The molecule has 24 heavy (non-hydrogen) atoms. The number of hydrogen-bond acceptors (Lipinski definition) is 7. The molecule has 0 spiro atoms. The van der Waals surface area contributed by atoms with E-state index in [4.69, 9.17) is 9.47 Å². The van der Waals surface area contributed by atoms with Crippen molar-refractivity contribution in [3.8, 4) is 11.5 Å². The molecular formula is C17H23N5O2. The Labute approximate surface area is 142 Å². The van der Waals surface area contributed by atoms with Crippen LogP contribution in [0.1, 0.15) is 25.0 Å². The zero-order valence-electron chi connectivity index (χ0n) is 14.5. The maximum Gasteiger partial charge on any atom is 0.247 e. The van der Waals surface area contributed by atoms with Gasteiger partial charge in [0, 0.05) is 19.1 Å². The molecule has 7 heteroatoms. The van der Waals surface area contributed by atoms with Crippen LogP contribution in [-0.2, 0) is 13.0 Å². The third-order valence-corrected chi connectivity index (χ3v) is 3.99. The molecule has 0 saturated heterocycles. The van der Waals surface area contributed by atoms with E-state index in [9.17, 15) is 0 Å². The average Bonchev–Trinajstić information content (AvgIpc) is 2.59. The molecule has 0 radical (unpaired) electrons. The Morgan fingerprint density at radius 2 is 1.83 bits per heavy atom. The van der Waals surface area contributed by atoms with Crippen LogP contribution in [0, 0.1) is 0 Å². The van der Waals surface area contributed by atoms with Gasteiger partial charge in [0.2, 0.25) is 5.95 Å².